The summed E-state index contributed by atoms with van der Waals surface area (Å²) in [7, 11) is 1.83. The van der Waals surface area contributed by atoms with Crippen molar-refractivity contribution in [3.8, 4) is 0 Å². The number of anilines is 1. The van der Waals surface area contributed by atoms with Crippen LogP contribution >= 0.6 is 11.3 Å². The number of methoxy groups -OCH3 is 1. The number of aliphatic carboxylic acids is 3. The van der Waals surface area contributed by atoms with Crippen LogP contribution in [-0.2, 0) is 25.7 Å². The summed E-state index contributed by atoms with van der Waals surface area (Å²) in [6.45, 7) is 8.25. The van der Waals surface area contributed by atoms with Crippen LogP contribution in [0.25, 0.3) is 0 Å². The molecule has 4 heterocycles. The van der Waals surface area contributed by atoms with E-state index in [1.807, 2.05) is 32.5 Å². The number of rotatable bonds is 5. The molecule has 0 aliphatic carbocycles. The van der Waals surface area contributed by atoms with Gasteiger partial charge in [0.1, 0.15) is 5.01 Å². The highest BCUT2D eigenvalue weighted by Crippen LogP contribution is 2.46. The van der Waals surface area contributed by atoms with Gasteiger partial charge in [-0.3, -0.25) is 9.88 Å². The molecule has 1 atom stereocenters. The van der Waals surface area contributed by atoms with E-state index < -0.39 is 36.4 Å². The van der Waals surface area contributed by atoms with Crippen LogP contribution in [0.4, 0.5) is 44.6 Å². The molecule has 0 radical (unpaired) electrons. The van der Waals surface area contributed by atoms with E-state index in [2.05, 4.69) is 31.0 Å². The molecular formula is C25H30F9N5O7S. The maximum atomic E-state index is 10.6. The van der Waals surface area contributed by atoms with Crippen LogP contribution in [0.3, 0.4) is 0 Å². The van der Waals surface area contributed by atoms with Gasteiger partial charge in [0.15, 0.2) is 0 Å². The summed E-state index contributed by atoms with van der Waals surface area (Å²) in [5.41, 5.74) is 1.65. The predicted octanol–water partition coefficient (Wildman–Crippen LogP) is 4.51. The van der Waals surface area contributed by atoms with E-state index in [0.717, 1.165) is 49.5 Å². The van der Waals surface area contributed by atoms with Gasteiger partial charge in [-0.05, 0) is 36.8 Å². The lowest BCUT2D eigenvalue weighted by Gasteiger charge is -2.42. The van der Waals surface area contributed by atoms with Crippen LogP contribution in [0.2, 0.25) is 0 Å². The number of carbonyl (C=O) groups is 3. The summed E-state index contributed by atoms with van der Waals surface area (Å²) >= 11 is 1.70. The molecule has 1 unspecified atom stereocenters. The van der Waals surface area contributed by atoms with Crippen LogP contribution in [-0.4, -0.2) is 112 Å². The van der Waals surface area contributed by atoms with Crippen molar-refractivity contribution in [3.63, 3.8) is 0 Å². The fraction of sp³-hybridized carbons (Fsp3) is 0.600. The number of pyridine rings is 1. The fourth-order valence-electron chi connectivity index (χ4n) is 4.57. The topological polar surface area (TPSA) is 166 Å². The van der Waals surface area contributed by atoms with Crippen LogP contribution in [0, 0.1) is 18.3 Å². The molecule has 47 heavy (non-hydrogen) atoms. The highest BCUT2D eigenvalue weighted by atomic mass is 32.1. The lowest BCUT2D eigenvalue weighted by molar-refractivity contribution is -0.193. The third-order valence-corrected chi connectivity index (χ3v) is 7.55. The number of nitrogens with zero attached hydrogens (tertiary/aromatic N) is 5. The van der Waals surface area contributed by atoms with Crippen LogP contribution < -0.4 is 4.90 Å². The Labute approximate surface area is 264 Å². The molecule has 266 valence electrons. The molecule has 2 aromatic rings. The quantitative estimate of drug-likeness (QED) is 0.372. The van der Waals surface area contributed by atoms with Gasteiger partial charge >= 0.3 is 36.4 Å². The van der Waals surface area contributed by atoms with Crippen LogP contribution in [0.1, 0.15) is 23.4 Å². The van der Waals surface area contributed by atoms with Crippen molar-refractivity contribution in [2.45, 2.75) is 44.8 Å². The van der Waals surface area contributed by atoms with E-state index in [0.29, 0.717) is 11.3 Å². The maximum Gasteiger partial charge on any atom is 0.490 e. The van der Waals surface area contributed by atoms with Crippen molar-refractivity contribution in [3.05, 3.63) is 35.1 Å². The molecule has 2 saturated heterocycles. The van der Waals surface area contributed by atoms with E-state index in [4.69, 9.17) is 34.4 Å². The SMILES string of the molecule is COCC1CN(Cc2cccnc2)CC12CCN(c1nnc(C)s1)CC2.O=C(O)C(F)(F)F.O=C(O)C(F)(F)F.O=C(O)C(F)(F)F. The molecule has 0 aromatic carbocycles. The number of aryl methyl sites for hydroxylation is 1. The Hall–Kier alpha value is -3.79. The van der Waals surface area contributed by atoms with Crippen molar-refractivity contribution >= 4 is 34.4 Å². The molecule has 0 saturated carbocycles. The first-order valence-electron chi connectivity index (χ1n) is 13.1. The smallest absolute Gasteiger partial charge is 0.475 e. The minimum atomic E-state index is -5.08. The summed E-state index contributed by atoms with van der Waals surface area (Å²) in [6, 6.07) is 4.19. The van der Waals surface area contributed by atoms with E-state index >= 15 is 0 Å². The number of ether oxygens (including phenoxy) is 1. The minimum Gasteiger partial charge on any atom is -0.475 e. The van der Waals surface area contributed by atoms with Crippen molar-refractivity contribution < 1.29 is 74.0 Å². The molecule has 3 N–H and O–H groups in total. The summed E-state index contributed by atoms with van der Waals surface area (Å²) in [5, 5.41) is 32.0. The lowest BCUT2D eigenvalue weighted by atomic mass is 9.71. The van der Waals surface area contributed by atoms with Crippen molar-refractivity contribution in [2.24, 2.45) is 11.3 Å². The van der Waals surface area contributed by atoms with Gasteiger partial charge in [0.2, 0.25) is 5.13 Å². The molecule has 4 rings (SSSR count). The van der Waals surface area contributed by atoms with E-state index in [1.165, 1.54) is 18.4 Å². The first kappa shape index (κ1) is 41.2. The normalized spacial score (nSPS) is 17.8. The first-order valence-corrected chi connectivity index (χ1v) is 13.9. The van der Waals surface area contributed by atoms with Crippen molar-refractivity contribution in [1.29, 1.82) is 0 Å². The molecule has 2 fully saturated rings. The van der Waals surface area contributed by atoms with Crippen LogP contribution in [0.5, 0.6) is 0 Å². The molecule has 2 aromatic heterocycles. The summed E-state index contributed by atoms with van der Waals surface area (Å²) < 4.78 is 101. The second-order valence-corrected chi connectivity index (χ2v) is 11.2. The molecule has 1 spiro atoms. The third-order valence-electron chi connectivity index (χ3n) is 6.65. The maximum absolute atomic E-state index is 10.6. The van der Waals surface area contributed by atoms with Crippen molar-refractivity contribution in [1.82, 2.24) is 20.1 Å². The number of carboxylic acid groups (broad SMARTS) is 3. The molecule has 2 aliphatic rings. The number of carboxylic acids is 3. The van der Waals surface area contributed by atoms with Crippen molar-refractivity contribution in [2.75, 3.05) is 44.8 Å². The molecule has 22 heteroatoms. The van der Waals surface area contributed by atoms with Gasteiger partial charge < -0.3 is 25.0 Å². The molecule has 0 amide bonds. The summed E-state index contributed by atoms with van der Waals surface area (Å²) in [4.78, 5) is 35.9. The second kappa shape index (κ2) is 17.4. The van der Waals surface area contributed by atoms with E-state index in [9.17, 15) is 39.5 Å². The third kappa shape index (κ3) is 14.2. The van der Waals surface area contributed by atoms with Gasteiger partial charge in [0.05, 0.1) is 6.61 Å². The van der Waals surface area contributed by atoms with Gasteiger partial charge in [0.25, 0.3) is 0 Å². The van der Waals surface area contributed by atoms with Gasteiger partial charge in [-0.25, -0.2) is 14.4 Å². The Morgan fingerprint density at radius 2 is 1.43 bits per heavy atom. The molecular weight excluding hydrogens is 685 g/mol. The fourth-order valence-corrected chi connectivity index (χ4v) is 5.31. The van der Waals surface area contributed by atoms with E-state index in [-0.39, 0.29) is 0 Å². The Kier molecular flexibility index (Phi) is 15.3. The van der Waals surface area contributed by atoms with E-state index in [1.54, 1.807) is 11.3 Å². The Balaban J connectivity index is 0.000000430. The zero-order valence-electron chi connectivity index (χ0n) is 24.6. The number of alkyl halides is 9. The summed E-state index contributed by atoms with van der Waals surface area (Å²) in [5.74, 6) is -7.67. The highest BCUT2D eigenvalue weighted by Gasteiger charge is 2.48. The summed E-state index contributed by atoms with van der Waals surface area (Å²) in [6.07, 6.45) is -9.03. The van der Waals surface area contributed by atoms with Gasteiger partial charge in [0, 0.05) is 58.1 Å². The number of hydrogen-bond donors (Lipinski definition) is 3. The lowest BCUT2D eigenvalue weighted by Crippen LogP contribution is -2.45. The highest BCUT2D eigenvalue weighted by molar-refractivity contribution is 7.15. The Morgan fingerprint density at radius 1 is 0.936 bits per heavy atom. The number of piperidine rings is 1. The monoisotopic (exact) mass is 715 g/mol. The van der Waals surface area contributed by atoms with Gasteiger partial charge in [-0.2, -0.15) is 39.5 Å². The zero-order chi connectivity index (χ0) is 36.2. The van der Waals surface area contributed by atoms with Gasteiger partial charge in [-0.15, -0.1) is 10.2 Å². The molecule has 12 nitrogen and oxygen atoms in total. The number of hydrogen-bond acceptors (Lipinski definition) is 10. The average molecular weight is 716 g/mol. The standard InChI is InChI=1S/C19H27N5OS.3C2HF3O2/c1-15-21-22-18(26-15)24-8-5-19(6-9-24)14-23(12-17(19)13-25-2)11-16-4-3-7-20-10-16;3*3-2(4,5)1(6)7/h3-4,7,10,17H,5-6,8-9,11-14H2,1-2H3;3*(H,6,7). The van der Waals surface area contributed by atoms with Crippen LogP contribution in [0.15, 0.2) is 24.5 Å². The zero-order valence-corrected chi connectivity index (χ0v) is 25.4. The Bertz CT molecular complexity index is 1230. The molecule has 2 aliphatic heterocycles. The van der Waals surface area contributed by atoms with Gasteiger partial charge in [-0.1, -0.05) is 17.4 Å². The number of likely N-dealkylation sites (tertiary alicyclic amines) is 1. The largest absolute Gasteiger partial charge is 0.490 e. The average Bonchev–Trinajstić information content (AvgIpc) is 3.52. The minimum absolute atomic E-state index is 0.356. The second-order valence-electron chi connectivity index (χ2n) is 10.0. The molecule has 0 bridgehead atoms. The Morgan fingerprint density at radius 3 is 1.79 bits per heavy atom. The number of halogens is 9. The number of aromatic nitrogens is 3. The predicted molar refractivity (Wildman–Crippen MR) is 144 cm³/mol. The first-order chi connectivity index (χ1) is 21.5.